The lowest BCUT2D eigenvalue weighted by Crippen LogP contribution is -2.38. The highest BCUT2D eigenvalue weighted by molar-refractivity contribution is 7.87. The quantitative estimate of drug-likeness (QED) is 0.717. The summed E-state index contributed by atoms with van der Waals surface area (Å²) in [4.78, 5) is 4.43. The predicted molar refractivity (Wildman–Crippen MR) is 94.4 cm³/mol. The van der Waals surface area contributed by atoms with Gasteiger partial charge in [0.05, 0.1) is 16.7 Å². The van der Waals surface area contributed by atoms with Crippen LogP contribution >= 0.6 is 0 Å². The zero-order valence-electron chi connectivity index (χ0n) is 14.3. The molecule has 0 saturated carbocycles. The van der Waals surface area contributed by atoms with Crippen molar-refractivity contribution in [3.63, 3.8) is 0 Å². The van der Waals surface area contributed by atoms with Crippen LogP contribution in [0.1, 0.15) is 30.7 Å². The number of aryl methyl sites for hydroxylation is 2. The zero-order valence-corrected chi connectivity index (χ0v) is 15.1. The van der Waals surface area contributed by atoms with Crippen LogP contribution in [0.25, 0.3) is 22.2 Å². The summed E-state index contributed by atoms with van der Waals surface area (Å²) in [5, 5.41) is 3.97. The van der Waals surface area contributed by atoms with Crippen LogP contribution in [0.3, 0.4) is 0 Å². The second-order valence-corrected chi connectivity index (χ2v) is 8.21. The van der Waals surface area contributed by atoms with E-state index in [1.165, 1.54) is 3.97 Å². The highest BCUT2D eigenvalue weighted by atomic mass is 32.2. The van der Waals surface area contributed by atoms with Crippen molar-refractivity contribution in [2.75, 3.05) is 13.1 Å². The van der Waals surface area contributed by atoms with E-state index in [9.17, 15) is 8.42 Å². The number of piperidine rings is 1. The fourth-order valence-electron chi connectivity index (χ4n) is 3.44. The molecule has 0 aromatic carbocycles. The van der Waals surface area contributed by atoms with Crippen LogP contribution in [0.15, 0.2) is 29.0 Å². The summed E-state index contributed by atoms with van der Waals surface area (Å²) >= 11 is 0. The standard InChI is InChI=1S/C17H20N4O3S/c1-12-17(13(2)24-19-12)14-10-16-15(18-11-14)6-9-21(16)25(22,23)20-7-4-3-5-8-20/h6,9-11H,3-5,7-8H2,1-2H3. The minimum Gasteiger partial charge on any atom is -0.361 e. The first-order chi connectivity index (χ1) is 12.0. The minimum absolute atomic E-state index is 0.568. The van der Waals surface area contributed by atoms with Crippen LogP contribution in [0, 0.1) is 13.8 Å². The molecule has 0 amide bonds. The molecule has 3 aromatic rings. The van der Waals surface area contributed by atoms with E-state index < -0.39 is 10.2 Å². The molecule has 8 heteroatoms. The summed E-state index contributed by atoms with van der Waals surface area (Å²) in [5.74, 6) is 0.690. The van der Waals surface area contributed by atoms with E-state index in [1.807, 2.05) is 19.9 Å². The molecule has 0 N–H and O–H groups in total. The fraction of sp³-hybridized carbons (Fsp3) is 0.412. The predicted octanol–water partition coefficient (Wildman–Crippen LogP) is 2.89. The second kappa shape index (κ2) is 5.96. The molecule has 4 rings (SSSR count). The number of hydrogen-bond acceptors (Lipinski definition) is 5. The van der Waals surface area contributed by atoms with E-state index in [-0.39, 0.29) is 0 Å². The van der Waals surface area contributed by atoms with Gasteiger partial charge in [0, 0.05) is 36.6 Å². The molecule has 1 fully saturated rings. The first-order valence-electron chi connectivity index (χ1n) is 8.39. The summed E-state index contributed by atoms with van der Waals surface area (Å²) in [6.07, 6.45) is 6.20. The highest BCUT2D eigenvalue weighted by Crippen LogP contribution is 2.29. The number of aromatic nitrogens is 3. The van der Waals surface area contributed by atoms with Crippen LogP contribution in [-0.2, 0) is 10.2 Å². The molecule has 4 heterocycles. The lowest BCUT2D eigenvalue weighted by molar-refractivity contribution is 0.343. The average Bonchev–Trinajstić information content (AvgIpc) is 3.18. The van der Waals surface area contributed by atoms with Crippen LogP contribution < -0.4 is 0 Å². The third kappa shape index (κ3) is 2.65. The Kier molecular flexibility index (Phi) is 3.88. The summed E-state index contributed by atoms with van der Waals surface area (Å²) in [6, 6.07) is 3.57. The van der Waals surface area contributed by atoms with Gasteiger partial charge in [0.2, 0.25) is 0 Å². The topological polar surface area (TPSA) is 81.2 Å². The van der Waals surface area contributed by atoms with Crippen molar-refractivity contribution in [2.45, 2.75) is 33.1 Å². The molecule has 0 atom stereocenters. The first-order valence-corrected chi connectivity index (χ1v) is 9.79. The molecule has 0 unspecified atom stereocenters. The number of fused-ring (bicyclic) bond motifs is 1. The van der Waals surface area contributed by atoms with Gasteiger partial charge in [0.1, 0.15) is 5.76 Å². The molecule has 1 saturated heterocycles. The van der Waals surface area contributed by atoms with Crippen molar-refractivity contribution in [3.8, 4) is 11.1 Å². The average molecular weight is 360 g/mol. The van der Waals surface area contributed by atoms with E-state index in [4.69, 9.17) is 4.52 Å². The molecule has 7 nitrogen and oxygen atoms in total. The third-order valence-corrected chi connectivity index (χ3v) is 6.55. The lowest BCUT2D eigenvalue weighted by atomic mass is 10.1. The number of nitrogens with zero attached hydrogens (tertiary/aromatic N) is 4. The minimum atomic E-state index is -3.58. The van der Waals surface area contributed by atoms with Crippen molar-refractivity contribution < 1.29 is 12.9 Å². The first kappa shape index (κ1) is 16.3. The Labute approximate surface area is 146 Å². The van der Waals surface area contributed by atoms with Crippen LogP contribution in [0.2, 0.25) is 0 Å². The second-order valence-electron chi connectivity index (χ2n) is 6.41. The molecule has 1 aliphatic heterocycles. The molecule has 1 aliphatic rings. The molecule has 132 valence electrons. The van der Waals surface area contributed by atoms with Crippen molar-refractivity contribution in [1.82, 2.24) is 18.4 Å². The largest absolute Gasteiger partial charge is 0.361 e. The van der Waals surface area contributed by atoms with E-state index >= 15 is 0 Å². The highest BCUT2D eigenvalue weighted by Gasteiger charge is 2.27. The Morgan fingerprint density at radius 2 is 1.92 bits per heavy atom. The van der Waals surface area contributed by atoms with E-state index in [2.05, 4.69) is 10.1 Å². The van der Waals surface area contributed by atoms with Gasteiger partial charge in [0.15, 0.2) is 0 Å². The van der Waals surface area contributed by atoms with E-state index in [0.717, 1.165) is 36.1 Å². The Morgan fingerprint density at radius 3 is 2.60 bits per heavy atom. The van der Waals surface area contributed by atoms with Gasteiger partial charge in [-0.25, -0.2) is 3.97 Å². The van der Waals surface area contributed by atoms with Crippen molar-refractivity contribution in [2.24, 2.45) is 0 Å². The van der Waals surface area contributed by atoms with Gasteiger partial charge in [-0.1, -0.05) is 11.6 Å². The van der Waals surface area contributed by atoms with Gasteiger partial charge in [-0.15, -0.1) is 0 Å². The summed E-state index contributed by atoms with van der Waals surface area (Å²) in [7, 11) is -3.58. The number of hydrogen-bond donors (Lipinski definition) is 0. The molecule has 0 aliphatic carbocycles. The van der Waals surface area contributed by atoms with Crippen molar-refractivity contribution in [3.05, 3.63) is 36.0 Å². The lowest BCUT2D eigenvalue weighted by Gasteiger charge is -2.26. The van der Waals surface area contributed by atoms with Gasteiger partial charge in [-0.3, -0.25) is 4.98 Å². The molecule has 0 radical (unpaired) electrons. The maximum Gasteiger partial charge on any atom is 0.308 e. The number of rotatable bonds is 3. The summed E-state index contributed by atoms with van der Waals surface area (Å²) in [6.45, 7) is 4.83. The maximum atomic E-state index is 13.0. The fourth-order valence-corrected chi connectivity index (χ4v) is 5.02. The van der Waals surface area contributed by atoms with Crippen molar-refractivity contribution in [1.29, 1.82) is 0 Å². The molecule has 0 bridgehead atoms. The third-order valence-electron chi connectivity index (χ3n) is 4.71. The molecule has 3 aromatic heterocycles. The van der Waals surface area contributed by atoms with Gasteiger partial charge < -0.3 is 4.52 Å². The maximum absolute atomic E-state index is 13.0. The SMILES string of the molecule is Cc1noc(C)c1-c1cnc2ccn(S(=O)(=O)N3CCCCC3)c2c1. The number of pyridine rings is 1. The zero-order chi connectivity index (χ0) is 17.6. The van der Waals surface area contributed by atoms with Gasteiger partial charge in [-0.2, -0.15) is 12.7 Å². The van der Waals surface area contributed by atoms with Crippen LogP contribution in [0.5, 0.6) is 0 Å². The monoisotopic (exact) mass is 360 g/mol. The Hall–Kier alpha value is -2.19. The van der Waals surface area contributed by atoms with E-state index in [1.54, 1.807) is 22.8 Å². The van der Waals surface area contributed by atoms with E-state index in [0.29, 0.717) is 29.9 Å². The smallest absolute Gasteiger partial charge is 0.308 e. The Morgan fingerprint density at radius 1 is 1.16 bits per heavy atom. The van der Waals surface area contributed by atoms with Gasteiger partial charge >= 0.3 is 10.2 Å². The van der Waals surface area contributed by atoms with Gasteiger partial charge in [0.25, 0.3) is 0 Å². The Bertz CT molecular complexity index is 1010. The van der Waals surface area contributed by atoms with Crippen LogP contribution in [0.4, 0.5) is 0 Å². The van der Waals surface area contributed by atoms with Crippen LogP contribution in [-0.4, -0.2) is 39.9 Å². The molecular weight excluding hydrogens is 340 g/mol. The van der Waals surface area contributed by atoms with Crippen molar-refractivity contribution >= 4 is 21.2 Å². The summed E-state index contributed by atoms with van der Waals surface area (Å²) in [5.41, 5.74) is 3.64. The molecule has 25 heavy (non-hydrogen) atoms. The van der Waals surface area contributed by atoms with Gasteiger partial charge in [-0.05, 0) is 38.8 Å². The Balaban J connectivity index is 1.84. The summed E-state index contributed by atoms with van der Waals surface area (Å²) < 4.78 is 34.2. The molecular formula is C17H20N4O3S. The normalized spacial score (nSPS) is 16.6. The molecule has 0 spiro atoms.